The van der Waals surface area contributed by atoms with Crippen LogP contribution in [0.5, 0.6) is 0 Å². The van der Waals surface area contributed by atoms with Crippen molar-refractivity contribution >= 4 is 10.1 Å². The van der Waals surface area contributed by atoms with E-state index >= 15 is 0 Å². The molecule has 5 nitrogen and oxygen atoms in total. The molecule has 0 rings (SSSR count). The van der Waals surface area contributed by atoms with Crippen molar-refractivity contribution < 1.29 is 17.5 Å². The van der Waals surface area contributed by atoms with E-state index < -0.39 is 15.5 Å². The Labute approximate surface area is 74.5 Å². The van der Waals surface area contributed by atoms with Crippen LogP contribution < -0.4 is 5.73 Å². The Kier molecular flexibility index (Phi) is 5.69. The monoisotopic (exact) mass is 198 g/mol. The quantitative estimate of drug-likeness (QED) is 0.440. The third kappa shape index (κ3) is 22.5. The zero-order chi connectivity index (χ0) is 10.6. The Morgan fingerprint density at radius 2 is 1.33 bits per heavy atom. The van der Waals surface area contributed by atoms with Gasteiger partial charge in [-0.1, -0.05) is 0 Å². The van der Waals surface area contributed by atoms with Gasteiger partial charge >= 0.3 is 0 Å². The van der Waals surface area contributed by atoms with E-state index in [4.69, 9.17) is 0 Å². The first kappa shape index (κ1) is 14.4. The molecular formula is C6H18N2O3S. The fourth-order valence-corrected chi connectivity index (χ4v) is 0. The van der Waals surface area contributed by atoms with Crippen LogP contribution in [0.25, 0.3) is 0 Å². The molecule has 1 atom stereocenters. The van der Waals surface area contributed by atoms with Crippen LogP contribution in [0.15, 0.2) is 0 Å². The minimum atomic E-state index is -4.21. The molecule has 0 aromatic carbocycles. The van der Waals surface area contributed by atoms with E-state index in [1.54, 1.807) is 0 Å². The molecule has 6 heteroatoms. The second-order valence-corrected chi connectivity index (χ2v) is 5.61. The third-order valence-electron chi connectivity index (χ3n) is 0.455. The lowest BCUT2D eigenvalue weighted by atomic mass is 10.8. The standard InChI is InChI=1S/C4H12N.C2H7NO3S/c1-5(2,3)4;1-2(3)7(4,5)6/h1-4H3;2H,3H2,1H3,(H,4,5,6)/q+1;/p-1. The molecule has 76 valence electrons. The highest BCUT2D eigenvalue weighted by atomic mass is 32.2. The van der Waals surface area contributed by atoms with Crippen LogP contribution in [0.1, 0.15) is 6.92 Å². The first-order valence-corrected chi connectivity index (χ1v) is 4.91. The third-order valence-corrected chi connectivity index (χ3v) is 1.37. The number of hydrogen-bond donors (Lipinski definition) is 1. The lowest BCUT2D eigenvalue weighted by Crippen LogP contribution is -2.27. The van der Waals surface area contributed by atoms with Crippen LogP contribution in [-0.2, 0) is 10.1 Å². The molecule has 0 saturated heterocycles. The Balaban J connectivity index is 0. The van der Waals surface area contributed by atoms with Crippen molar-refractivity contribution in [1.29, 1.82) is 0 Å². The first-order chi connectivity index (χ1) is 4.94. The van der Waals surface area contributed by atoms with Crippen molar-refractivity contribution in [1.82, 2.24) is 0 Å². The van der Waals surface area contributed by atoms with Crippen molar-refractivity contribution in [3.8, 4) is 0 Å². The molecule has 0 aliphatic heterocycles. The van der Waals surface area contributed by atoms with Gasteiger partial charge in [0.05, 0.1) is 33.6 Å². The van der Waals surface area contributed by atoms with Crippen LogP contribution in [-0.4, -0.2) is 51.0 Å². The van der Waals surface area contributed by atoms with Crippen LogP contribution in [0.2, 0.25) is 0 Å². The van der Waals surface area contributed by atoms with Gasteiger partial charge in [0.15, 0.2) is 0 Å². The minimum absolute atomic E-state index is 1.00. The maximum absolute atomic E-state index is 9.65. The molecule has 0 saturated carbocycles. The number of nitrogens with zero attached hydrogens (tertiary/aromatic N) is 1. The van der Waals surface area contributed by atoms with Crippen molar-refractivity contribution in [3.05, 3.63) is 0 Å². The van der Waals surface area contributed by atoms with Gasteiger partial charge in [0.25, 0.3) is 0 Å². The van der Waals surface area contributed by atoms with Gasteiger partial charge in [-0.15, -0.1) is 0 Å². The summed E-state index contributed by atoms with van der Waals surface area (Å²) < 4.78 is 30.0. The van der Waals surface area contributed by atoms with E-state index in [9.17, 15) is 13.0 Å². The van der Waals surface area contributed by atoms with E-state index in [0.717, 1.165) is 11.4 Å². The van der Waals surface area contributed by atoms with E-state index in [2.05, 4.69) is 33.9 Å². The number of hydrogen-bond acceptors (Lipinski definition) is 4. The predicted octanol–water partition coefficient (Wildman–Crippen LogP) is -0.841. The van der Waals surface area contributed by atoms with E-state index in [1.165, 1.54) is 0 Å². The van der Waals surface area contributed by atoms with Crippen molar-refractivity contribution in [3.63, 3.8) is 0 Å². The molecule has 0 spiro atoms. The Hall–Kier alpha value is -0.170. The molecule has 12 heavy (non-hydrogen) atoms. The summed E-state index contributed by atoms with van der Waals surface area (Å²) >= 11 is 0. The van der Waals surface area contributed by atoms with Crippen LogP contribution in [0.4, 0.5) is 0 Å². The number of rotatable bonds is 1. The SMILES string of the molecule is CC(N)S(=O)(=O)[O-].C[N+](C)(C)C. The lowest BCUT2D eigenvalue weighted by Gasteiger charge is -2.14. The summed E-state index contributed by atoms with van der Waals surface area (Å²) in [6.07, 6.45) is 0. The van der Waals surface area contributed by atoms with Gasteiger partial charge in [-0.05, 0) is 6.92 Å². The second-order valence-electron chi connectivity index (χ2n) is 3.88. The van der Waals surface area contributed by atoms with Crippen LogP contribution in [0.3, 0.4) is 0 Å². The highest BCUT2D eigenvalue weighted by molar-refractivity contribution is 7.86. The van der Waals surface area contributed by atoms with Crippen LogP contribution >= 0.6 is 0 Å². The average molecular weight is 198 g/mol. The minimum Gasteiger partial charge on any atom is -0.747 e. The Morgan fingerprint density at radius 3 is 1.33 bits per heavy atom. The summed E-state index contributed by atoms with van der Waals surface area (Å²) in [6, 6.07) is 0. The molecule has 0 aliphatic carbocycles. The Bertz CT molecular complexity index is 197. The fourth-order valence-electron chi connectivity index (χ4n) is 0. The van der Waals surface area contributed by atoms with Crippen molar-refractivity contribution in [2.45, 2.75) is 12.3 Å². The molecule has 0 bridgehead atoms. The maximum atomic E-state index is 9.65. The largest absolute Gasteiger partial charge is 0.747 e. The van der Waals surface area contributed by atoms with Gasteiger partial charge in [0, 0.05) is 0 Å². The topological polar surface area (TPSA) is 83.2 Å². The summed E-state index contributed by atoms with van der Waals surface area (Å²) in [5.41, 5.74) is 4.67. The van der Waals surface area contributed by atoms with Gasteiger partial charge in [0.1, 0.15) is 10.1 Å². The van der Waals surface area contributed by atoms with E-state index in [0.29, 0.717) is 0 Å². The molecule has 0 heterocycles. The Morgan fingerprint density at radius 1 is 1.25 bits per heavy atom. The van der Waals surface area contributed by atoms with Gasteiger partial charge in [-0.3, -0.25) is 0 Å². The second kappa shape index (κ2) is 4.76. The molecule has 0 aromatic heterocycles. The molecule has 0 radical (unpaired) electrons. The number of quaternary nitrogens is 1. The molecular weight excluding hydrogens is 180 g/mol. The summed E-state index contributed by atoms with van der Waals surface area (Å²) in [4.78, 5) is 0. The first-order valence-electron chi connectivity index (χ1n) is 3.44. The average Bonchev–Trinajstić information content (AvgIpc) is 1.55. The van der Waals surface area contributed by atoms with Gasteiger partial charge in [-0.2, -0.15) is 0 Å². The summed E-state index contributed by atoms with van der Waals surface area (Å²) in [7, 11) is 4.29. The van der Waals surface area contributed by atoms with E-state index in [1.807, 2.05) is 0 Å². The van der Waals surface area contributed by atoms with Gasteiger partial charge in [0.2, 0.25) is 0 Å². The summed E-state index contributed by atoms with van der Waals surface area (Å²) in [5, 5.41) is -1.28. The van der Waals surface area contributed by atoms with E-state index in [-0.39, 0.29) is 0 Å². The highest BCUT2D eigenvalue weighted by Crippen LogP contribution is 1.84. The smallest absolute Gasteiger partial charge is 0.110 e. The summed E-state index contributed by atoms with van der Waals surface area (Å²) in [5.74, 6) is 0. The van der Waals surface area contributed by atoms with Gasteiger partial charge in [-0.25, -0.2) is 8.42 Å². The lowest BCUT2D eigenvalue weighted by molar-refractivity contribution is -0.849. The fraction of sp³-hybridized carbons (Fsp3) is 1.00. The molecule has 0 aromatic rings. The molecule has 0 aliphatic rings. The molecule has 0 fully saturated rings. The highest BCUT2D eigenvalue weighted by Gasteiger charge is 1.98. The molecule has 2 N–H and O–H groups in total. The zero-order valence-corrected chi connectivity index (χ0v) is 9.05. The predicted molar refractivity (Wildman–Crippen MR) is 47.3 cm³/mol. The maximum Gasteiger partial charge on any atom is 0.110 e. The zero-order valence-electron chi connectivity index (χ0n) is 8.23. The molecule has 1 unspecified atom stereocenters. The normalized spacial score (nSPS) is 14.6. The molecule has 0 amide bonds. The van der Waals surface area contributed by atoms with Gasteiger partial charge < -0.3 is 14.8 Å². The number of nitrogens with two attached hydrogens (primary N) is 1. The summed E-state index contributed by atoms with van der Waals surface area (Å²) in [6.45, 7) is 1.13. The van der Waals surface area contributed by atoms with Crippen LogP contribution in [0, 0.1) is 0 Å². The van der Waals surface area contributed by atoms with Crippen molar-refractivity contribution in [2.24, 2.45) is 5.73 Å². The van der Waals surface area contributed by atoms with Crippen molar-refractivity contribution in [2.75, 3.05) is 28.2 Å².